The molecule has 1 aliphatic heterocycles. The average molecular weight is 358 g/mol. The van der Waals surface area contributed by atoms with Gasteiger partial charge in [0.25, 0.3) is 5.91 Å². The van der Waals surface area contributed by atoms with Crippen LogP contribution in [0.5, 0.6) is 0 Å². The minimum atomic E-state index is -3.64. The Kier molecular flexibility index (Phi) is 5.88. The lowest BCUT2D eigenvalue weighted by atomic mass is 10.2. The van der Waals surface area contributed by atoms with Crippen molar-refractivity contribution in [2.75, 3.05) is 33.4 Å². The molecule has 1 aromatic carbocycles. The van der Waals surface area contributed by atoms with E-state index in [-0.39, 0.29) is 15.6 Å². The molecule has 1 aliphatic rings. The van der Waals surface area contributed by atoms with Crippen LogP contribution in [0.15, 0.2) is 29.2 Å². The van der Waals surface area contributed by atoms with Gasteiger partial charge >= 0.3 is 0 Å². The van der Waals surface area contributed by atoms with Gasteiger partial charge in [-0.3, -0.25) is 15.6 Å². The van der Waals surface area contributed by atoms with Gasteiger partial charge in [-0.1, -0.05) is 6.07 Å². The SMILES string of the molecule is CNC(=S)NNC(=O)c1cccc(S(=O)(=O)N2CCOCC2)c1. The fraction of sp³-hybridized carbons (Fsp3) is 0.385. The van der Waals surface area contributed by atoms with Crippen LogP contribution >= 0.6 is 12.2 Å². The molecule has 0 radical (unpaired) electrons. The zero-order valence-corrected chi connectivity index (χ0v) is 14.2. The summed E-state index contributed by atoms with van der Waals surface area (Å²) in [5.74, 6) is -0.485. The van der Waals surface area contributed by atoms with Gasteiger partial charge in [-0.2, -0.15) is 4.31 Å². The van der Waals surface area contributed by atoms with Crippen molar-refractivity contribution in [2.45, 2.75) is 4.90 Å². The molecule has 23 heavy (non-hydrogen) atoms. The number of ether oxygens (including phenoxy) is 1. The molecule has 0 unspecified atom stereocenters. The summed E-state index contributed by atoms with van der Waals surface area (Å²) in [4.78, 5) is 12.1. The van der Waals surface area contributed by atoms with E-state index in [1.165, 1.54) is 28.6 Å². The van der Waals surface area contributed by atoms with Crippen molar-refractivity contribution in [3.63, 3.8) is 0 Å². The molecular weight excluding hydrogens is 340 g/mol. The lowest BCUT2D eigenvalue weighted by Gasteiger charge is -2.26. The molecule has 0 aliphatic carbocycles. The Balaban J connectivity index is 2.15. The molecule has 0 atom stereocenters. The number of hydrogen-bond donors (Lipinski definition) is 3. The number of benzene rings is 1. The second-order valence-electron chi connectivity index (χ2n) is 4.70. The van der Waals surface area contributed by atoms with Crippen molar-refractivity contribution in [3.05, 3.63) is 29.8 Å². The highest BCUT2D eigenvalue weighted by molar-refractivity contribution is 7.89. The third kappa shape index (κ3) is 4.38. The molecule has 8 nitrogen and oxygen atoms in total. The average Bonchev–Trinajstić information content (AvgIpc) is 2.60. The second kappa shape index (κ2) is 7.68. The summed E-state index contributed by atoms with van der Waals surface area (Å²) in [6.07, 6.45) is 0. The zero-order valence-electron chi connectivity index (χ0n) is 12.5. The molecule has 1 saturated heterocycles. The molecule has 1 heterocycles. The molecule has 0 spiro atoms. The van der Waals surface area contributed by atoms with E-state index < -0.39 is 15.9 Å². The highest BCUT2D eigenvalue weighted by Gasteiger charge is 2.26. The first-order valence-electron chi connectivity index (χ1n) is 6.91. The number of rotatable bonds is 3. The van der Waals surface area contributed by atoms with E-state index in [0.717, 1.165) is 0 Å². The minimum Gasteiger partial charge on any atom is -0.379 e. The number of nitrogens with zero attached hydrogens (tertiary/aromatic N) is 1. The summed E-state index contributed by atoms with van der Waals surface area (Å²) < 4.78 is 31.6. The second-order valence-corrected chi connectivity index (χ2v) is 7.05. The molecular formula is C13H18N4O4S2. The van der Waals surface area contributed by atoms with Gasteiger partial charge in [-0.05, 0) is 30.4 Å². The van der Waals surface area contributed by atoms with Crippen LogP contribution in [0.25, 0.3) is 0 Å². The van der Waals surface area contributed by atoms with Gasteiger partial charge in [-0.25, -0.2) is 8.42 Å². The van der Waals surface area contributed by atoms with Gasteiger partial charge in [0.05, 0.1) is 18.1 Å². The van der Waals surface area contributed by atoms with E-state index in [9.17, 15) is 13.2 Å². The number of amides is 1. The molecule has 1 fully saturated rings. The lowest BCUT2D eigenvalue weighted by molar-refractivity contribution is 0.0730. The molecule has 10 heteroatoms. The quantitative estimate of drug-likeness (QED) is 0.492. The topological polar surface area (TPSA) is 99.8 Å². The van der Waals surface area contributed by atoms with Crippen molar-refractivity contribution < 1.29 is 17.9 Å². The fourth-order valence-corrected chi connectivity index (χ4v) is 3.49. The van der Waals surface area contributed by atoms with Crippen molar-refractivity contribution in [2.24, 2.45) is 0 Å². The predicted octanol–water partition coefficient (Wildman–Crippen LogP) is -0.554. The third-order valence-corrected chi connectivity index (χ3v) is 5.42. The normalized spacial score (nSPS) is 15.7. The molecule has 1 amide bonds. The van der Waals surface area contributed by atoms with Crippen LogP contribution in [0, 0.1) is 0 Å². The fourth-order valence-electron chi connectivity index (χ4n) is 1.98. The zero-order chi connectivity index (χ0) is 16.9. The first kappa shape index (κ1) is 17.6. The van der Waals surface area contributed by atoms with Crippen LogP contribution in [0.4, 0.5) is 0 Å². The van der Waals surface area contributed by atoms with Crippen LogP contribution in [-0.4, -0.2) is 57.1 Å². The van der Waals surface area contributed by atoms with Gasteiger partial charge in [0.2, 0.25) is 10.0 Å². The third-order valence-electron chi connectivity index (χ3n) is 3.22. The Hall–Kier alpha value is -1.75. The van der Waals surface area contributed by atoms with Crippen molar-refractivity contribution >= 4 is 33.3 Å². The highest BCUT2D eigenvalue weighted by Crippen LogP contribution is 2.18. The van der Waals surface area contributed by atoms with Gasteiger partial charge in [0.1, 0.15) is 0 Å². The number of nitrogens with one attached hydrogen (secondary N) is 3. The van der Waals surface area contributed by atoms with E-state index in [0.29, 0.717) is 26.3 Å². The maximum absolute atomic E-state index is 12.6. The summed E-state index contributed by atoms with van der Waals surface area (Å²) in [5.41, 5.74) is 5.10. The number of thiocarbonyl (C=S) groups is 1. The molecule has 0 bridgehead atoms. The standard InChI is InChI=1S/C13H18N4O4S2/c1-14-13(22)16-15-12(18)10-3-2-4-11(9-10)23(19,20)17-5-7-21-8-6-17/h2-4,9H,5-8H2,1H3,(H,15,18)(H2,14,16,22). The lowest BCUT2D eigenvalue weighted by Crippen LogP contribution is -2.45. The first-order valence-corrected chi connectivity index (χ1v) is 8.76. The van der Waals surface area contributed by atoms with Crippen molar-refractivity contribution in [1.82, 2.24) is 20.5 Å². The molecule has 1 aromatic rings. The number of hydrazine groups is 1. The van der Waals surface area contributed by atoms with E-state index in [2.05, 4.69) is 16.2 Å². The minimum absolute atomic E-state index is 0.0724. The largest absolute Gasteiger partial charge is 0.379 e. The molecule has 0 aromatic heterocycles. The number of carbonyl (C=O) groups excluding carboxylic acids is 1. The van der Waals surface area contributed by atoms with Gasteiger partial charge in [0, 0.05) is 25.7 Å². The summed E-state index contributed by atoms with van der Waals surface area (Å²) in [7, 11) is -2.03. The number of morpholine rings is 1. The van der Waals surface area contributed by atoms with Gasteiger partial charge in [-0.15, -0.1) is 0 Å². The number of hydrogen-bond acceptors (Lipinski definition) is 5. The van der Waals surface area contributed by atoms with E-state index in [1.807, 2.05) is 0 Å². The maximum Gasteiger partial charge on any atom is 0.269 e. The van der Waals surface area contributed by atoms with Gasteiger partial charge < -0.3 is 10.1 Å². The number of sulfonamides is 1. The monoisotopic (exact) mass is 358 g/mol. The summed E-state index contributed by atoms with van der Waals surface area (Å²) in [6, 6.07) is 5.86. The van der Waals surface area contributed by atoms with Crippen LogP contribution < -0.4 is 16.2 Å². The molecule has 0 saturated carbocycles. The van der Waals surface area contributed by atoms with Crippen molar-refractivity contribution in [1.29, 1.82) is 0 Å². The smallest absolute Gasteiger partial charge is 0.269 e. The Morgan fingerprint density at radius 2 is 1.96 bits per heavy atom. The van der Waals surface area contributed by atoms with E-state index in [1.54, 1.807) is 7.05 Å². The summed E-state index contributed by atoms with van der Waals surface area (Å²) >= 11 is 4.84. The first-order chi connectivity index (χ1) is 10.9. The van der Waals surface area contributed by atoms with E-state index >= 15 is 0 Å². The van der Waals surface area contributed by atoms with Gasteiger partial charge in [0.15, 0.2) is 5.11 Å². The highest BCUT2D eigenvalue weighted by atomic mass is 32.2. The van der Waals surface area contributed by atoms with Crippen LogP contribution in [0.3, 0.4) is 0 Å². The Morgan fingerprint density at radius 1 is 1.26 bits per heavy atom. The van der Waals surface area contributed by atoms with Crippen LogP contribution in [0.1, 0.15) is 10.4 Å². The van der Waals surface area contributed by atoms with Crippen molar-refractivity contribution in [3.8, 4) is 0 Å². The Bertz CT molecular complexity index is 687. The predicted molar refractivity (Wildman–Crippen MR) is 88.3 cm³/mol. The number of carbonyl (C=O) groups is 1. The molecule has 2 rings (SSSR count). The van der Waals surface area contributed by atoms with E-state index in [4.69, 9.17) is 17.0 Å². The summed E-state index contributed by atoms with van der Waals surface area (Å²) in [5, 5.41) is 2.89. The van der Waals surface area contributed by atoms with Crippen LogP contribution in [-0.2, 0) is 14.8 Å². The Morgan fingerprint density at radius 3 is 2.61 bits per heavy atom. The summed E-state index contributed by atoms with van der Waals surface area (Å²) in [6.45, 7) is 1.34. The maximum atomic E-state index is 12.6. The molecule has 126 valence electrons. The molecule has 3 N–H and O–H groups in total. The van der Waals surface area contributed by atoms with Crippen LogP contribution in [0.2, 0.25) is 0 Å². The Labute approximate surface area is 140 Å².